The molecule has 1 amide bonds. The van der Waals surface area contributed by atoms with Crippen LogP contribution >= 0.6 is 0 Å². The summed E-state index contributed by atoms with van der Waals surface area (Å²) in [4.78, 5) is 11.8. The molecule has 5 N–H and O–H groups in total. The molecule has 16 heavy (non-hydrogen) atoms. The van der Waals surface area contributed by atoms with Crippen molar-refractivity contribution in [3.63, 3.8) is 0 Å². The fourth-order valence-electron chi connectivity index (χ4n) is 1.47. The smallest absolute Gasteiger partial charge is 0.240 e. The molecule has 0 aromatic rings. The molecule has 0 saturated carbocycles. The average molecular weight is 232 g/mol. The molecule has 0 aromatic carbocycles. The molecule has 1 fully saturated rings. The lowest BCUT2D eigenvalue weighted by Crippen LogP contribution is -2.59. The van der Waals surface area contributed by atoms with Crippen molar-refractivity contribution in [1.29, 1.82) is 0 Å². The zero-order valence-electron chi connectivity index (χ0n) is 9.53. The summed E-state index contributed by atoms with van der Waals surface area (Å²) in [5.74, 6) is -0.301. The molecular formula is C10H20N2O4. The Morgan fingerprint density at radius 2 is 2.12 bits per heavy atom. The van der Waals surface area contributed by atoms with Gasteiger partial charge >= 0.3 is 0 Å². The zero-order chi connectivity index (χ0) is 12.2. The molecule has 0 spiro atoms. The first-order valence-corrected chi connectivity index (χ1v) is 5.38. The van der Waals surface area contributed by atoms with Crippen molar-refractivity contribution < 1.29 is 19.7 Å². The Balaban J connectivity index is 2.45. The van der Waals surface area contributed by atoms with Crippen molar-refractivity contribution in [3.8, 4) is 0 Å². The van der Waals surface area contributed by atoms with Crippen LogP contribution in [0.5, 0.6) is 0 Å². The number of rotatable bonds is 4. The molecule has 1 aliphatic rings. The number of carbonyl (C=O) groups is 1. The quantitative estimate of drug-likeness (QED) is 0.465. The fourth-order valence-corrected chi connectivity index (χ4v) is 1.47. The monoisotopic (exact) mass is 232 g/mol. The van der Waals surface area contributed by atoms with Gasteiger partial charge in [0.15, 0.2) is 0 Å². The average Bonchev–Trinajstić information content (AvgIpc) is 2.27. The van der Waals surface area contributed by atoms with Crippen molar-refractivity contribution in [3.05, 3.63) is 0 Å². The van der Waals surface area contributed by atoms with Gasteiger partial charge in [-0.2, -0.15) is 0 Å². The number of hydrogen-bond acceptors (Lipinski definition) is 5. The van der Waals surface area contributed by atoms with E-state index in [9.17, 15) is 9.90 Å². The topological polar surface area (TPSA) is 105 Å². The van der Waals surface area contributed by atoms with Crippen molar-refractivity contribution in [2.45, 2.75) is 30.9 Å². The van der Waals surface area contributed by atoms with Crippen LogP contribution in [0.1, 0.15) is 19.8 Å². The number of ether oxygens (including phenoxy) is 1. The van der Waals surface area contributed by atoms with Gasteiger partial charge in [-0.1, -0.05) is 0 Å². The number of hydrogen-bond donors (Lipinski definition) is 4. The first-order chi connectivity index (χ1) is 7.40. The van der Waals surface area contributed by atoms with Gasteiger partial charge in [0, 0.05) is 19.8 Å². The highest BCUT2D eigenvalue weighted by atomic mass is 16.5. The van der Waals surface area contributed by atoms with Crippen LogP contribution in [0.3, 0.4) is 0 Å². The highest BCUT2D eigenvalue weighted by Gasteiger charge is 2.36. The normalized spacial score (nSPS) is 23.5. The first kappa shape index (κ1) is 13.4. The summed E-state index contributed by atoms with van der Waals surface area (Å²) in [5.41, 5.74) is 3.72. The van der Waals surface area contributed by atoms with E-state index in [0.29, 0.717) is 26.1 Å². The lowest BCUT2D eigenvalue weighted by atomic mass is 9.90. The van der Waals surface area contributed by atoms with Crippen LogP contribution in [0.15, 0.2) is 0 Å². The summed E-state index contributed by atoms with van der Waals surface area (Å²) in [6.07, 6.45) is 0.945. The molecule has 1 rings (SSSR count). The second-order valence-electron chi connectivity index (χ2n) is 4.61. The van der Waals surface area contributed by atoms with Crippen molar-refractivity contribution in [1.82, 2.24) is 5.32 Å². The molecule has 1 saturated heterocycles. The van der Waals surface area contributed by atoms with Crippen LogP contribution in [0.25, 0.3) is 0 Å². The minimum absolute atomic E-state index is 0.0118. The van der Waals surface area contributed by atoms with Crippen molar-refractivity contribution in [2.24, 2.45) is 5.73 Å². The Morgan fingerprint density at radius 3 is 2.62 bits per heavy atom. The number of aliphatic hydroxyl groups excluding tert-OH is 1. The van der Waals surface area contributed by atoms with Gasteiger partial charge in [-0.15, -0.1) is 0 Å². The number of nitrogens with two attached hydrogens (primary N) is 1. The lowest BCUT2D eigenvalue weighted by molar-refractivity contribution is -0.131. The molecule has 0 radical (unpaired) electrons. The maximum absolute atomic E-state index is 11.8. The number of aliphatic hydroxyl groups is 2. The van der Waals surface area contributed by atoms with Gasteiger partial charge in [0.1, 0.15) is 5.60 Å². The lowest BCUT2D eigenvalue weighted by Gasteiger charge is -2.33. The second-order valence-corrected chi connectivity index (χ2v) is 4.61. The fraction of sp³-hybridized carbons (Fsp3) is 0.900. The van der Waals surface area contributed by atoms with Gasteiger partial charge in [-0.25, -0.2) is 0 Å². The van der Waals surface area contributed by atoms with Gasteiger partial charge in [-0.05, 0) is 19.8 Å². The maximum Gasteiger partial charge on any atom is 0.240 e. The predicted octanol–water partition coefficient (Wildman–Crippen LogP) is -1.65. The van der Waals surface area contributed by atoms with Crippen molar-refractivity contribution in [2.75, 3.05) is 26.4 Å². The molecule has 94 valence electrons. The van der Waals surface area contributed by atoms with E-state index in [4.69, 9.17) is 15.6 Å². The Hall–Kier alpha value is -0.690. The van der Waals surface area contributed by atoms with Crippen molar-refractivity contribution >= 4 is 5.91 Å². The van der Waals surface area contributed by atoms with Crippen LogP contribution in [-0.4, -0.2) is 53.6 Å². The zero-order valence-corrected chi connectivity index (χ0v) is 9.53. The third-order valence-electron chi connectivity index (χ3n) is 2.81. The minimum Gasteiger partial charge on any atom is -0.393 e. The van der Waals surface area contributed by atoms with Crippen LogP contribution in [0.4, 0.5) is 0 Å². The van der Waals surface area contributed by atoms with E-state index in [1.165, 1.54) is 6.92 Å². The summed E-state index contributed by atoms with van der Waals surface area (Å²) >= 11 is 0. The third kappa shape index (κ3) is 3.41. The van der Waals surface area contributed by atoms with E-state index in [1.54, 1.807) is 0 Å². The summed E-state index contributed by atoms with van der Waals surface area (Å²) in [6.45, 7) is 1.97. The standard InChI is InChI=1S/C10H20N2O4/c1-9(15,7-13)6-12-8(14)10(11)2-4-16-5-3-10/h13,15H,2-7,11H2,1H3,(H,12,14). The number of nitrogens with one attached hydrogen (secondary N) is 1. The van der Waals surface area contributed by atoms with E-state index in [-0.39, 0.29) is 12.5 Å². The van der Waals surface area contributed by atoms with Crippen LogP contribution in [0, 0.1) is 0 Å². The van der Waals surface area contributed by atoms with Gasteiger partial charge < -0.3 is 26.0 Å². The van der Waals surface area contributed by atoms with E-state index in [0.717, 1.165) is 0 Å². The highest BCUT2D eigenvalue weighted by molar-refractivity contribution is 5.86. The van der Waals surface area contributed by atoms with Crippen LogP contribution < -0.4 is 11.1 Å². The minimum atomic E-state index is -1.31. The maximum atomic E-state index is 11.8. The van der Waals surface area contributed by atoms with Gasteiger partial charge in [0.05, 0.1) is 12.1 Å². The van der Waals surface area contributed by atoms with E-state index in [2.05, 4.69) is 5.32 Å². The molecule has 1 atom stereocenters. The van der Waals surface area contributed by atoms with E-state index < -0.39 is 17.7 Å². The Bertz CT molecular complexity index is 249. The Kier molecular flexibility index (Phi) is 4.26. The molecule has 0 aromatic heterocycles. The summed E-state index contributed by atoms with van der Waals surface area (Å²) in [6, 6.07) is 0. The second kappa shape index (κ2) is 5.09. The SMILES string of the molecule is CC(O)(CO)CNC(=O)C1(N)CCOCC1. The molecule has 0 aliphatic carbocycles. The summed E-state index contributed by atoms with van der Waals surface area (Å²) in [7, 11) is 0. The molecule has 1 aliphatic heterocycles. The summed E-state index contributed by atoms with van der Waals surface area (Å²) in [5, 5.41) is 20.9. The molecule has 6 heteroatoms. The Labute approximate surface area is 94.8 Å². The molecule has 6 nitrogen and oxygen atoms in total. The molecule has 1 heterocycles. The summed E-state index contributed by atoms with van der Waals surface area (Å²) < 4.78 is 5.13. The highest BCUT2D eigenvalue weighted by Crippen LogP contribution is 2.17. The third-order valence-corrected chi connectivity index (χ3v) is 2.81. The van der Waals surface area contributed by atoms with Crippen LogP contribution in [0.2, 0.25) is 0 Å². The predicted molar refractivity (Wildman–Crippen MR) is 57.7 cm³/mol. The molecule has 1 unspecified atom stereocenters. The Morgan fingerprint density at radius 1 is 1.56 bits per heavy atom. The number of amides is 1. The molecule has 0 bridgehead atoms. The molecular weight excluding hydrogens is 212 g/mol. The largest absolute Gasteiger partial charge is 0.393 e. The van der Waals surface area contributed by atoms with E-state index in [1.807, 2.05) is 0 Å². The van der Waals surface area contributed by atoms with Gasteiger partial charge in [-0.3, -0.25) is 4.79 Å². The number of carbonyl (C=O) groups excluding carboxylic acids is 1. The van der Waals surface area contributed by atoms with Gasteiger partial charge in [0.2, 0.25) is 5.91 Å². The first-order valence-electron chi connectivity index (χ1n) is 5.38. The van der Waals surface area contributed by atoms with Gasteiger partial charge in [0.25, 0.3) is 0 Å². The van der Waals surface area contributed by atoms with Crippen LogP contribution in [-0.2, 0) is 9.53 Å². The van der Waals surface area contributed by atoms with E-state index >= 15 is 0 Å².